The fourth-order valence-electron chi connectivity index (χ4n) is 3.62. The highest BCUT2D eigenvalue weighted by Gasteiger charge is 2.42. The van der Waals surface area contributed by atoms with Crippen molar-refractivity contribution in [2.75, 3.05) is 18.1 Å². The van der Waals surface area contributed by atoms with Crippen LogP contribution in [0.25, 0.3) is 0 Å². The zero-order valence-corrected chi connectivity index (χ0v) is 13.3. The van der Waals surface area contributed by atoms with Gasteiger partial charge in [-0.25, -0.2) is 0 Å². The van der Waals surface area contributed by atoms with Crippen LogP contribution in [0.2, 0.25) is 0 Å². The van der Waals surface area contributed by atoms with Crippen molar-refractivity contribution < 1.29 is 4.74 Å². The standard InChI is InChI=1S/C17H25NOS/c1-12-4-3-5-15(13(12)2)16(18)14-6-8-19-17(10-14)7-9-20-11-17/h3-5,14,16H,6-11,18H2,1-2H3. The largest absolute Gasteiger partial charge is 0.374 e. The van der Waals surface area contributed by atoms with E-state index < -0.39 is 0 Å². The van der Waals surface area contributed by atoms with Crippen molar-refractivity contribution in [1.82, 2.24) is 0 Å². The minimum atomic E-state index is 0.128. The molecule has 3 unspecified atom stereocenters. The van der Waals surface area contributed by atoms with Gasteiger partial charge in [0, 0.05) is 18.4 Å². The molecular weight excluding hydrogens is 266 g/mol. The number of hydrogen-bond acceptors (Lipinski definition) is 3. The number of aryl methyl sites for hydroxylation is 1. The quantitative estimate of drug-likeness (QED) is 0.904. The van der Waals surface area contributed by atoms with Gasteiger partial charge in [0.2, 0.25) is 0 Å². The molecule has 3 rings (SSSR count). The van der Waals surface area contributed by atoms with Gasteiger partial charge in [0.1, 0.15) is 0 Å². The first-order valence-corrected chi connectivity index (χ1v) is 8.80. The highest BCUT2D eigenvalue weighted by atomic mass is 32.2. The average Bonchev–Trinajstić information content (AvgIpc) is 2.89. The predicted octanol–water partition coefficient (Wildman–Crippen LogP) is 3.61. The van der Waals surface area contributed by atoms with Crippen LogP contribution in [0.1, 0.15) is 42.0 Å². The Kier molecular flexibility index (Phi) is 4.11. The topological polar surface area (TPSA) is 35.2 Å². The van der Waals surface area contributed by atoms with Crippen LogP contribution >= 0.6 is 11.8 Å². The number of rotatable bonds is 2. The monoisotopic (exact) mass is 291 g/mol. The summed E-state index contributed by atoms with van der Waals surface area (Å²) in [7, 11) is 0. The summed E-state index contributed by atoms with van der Waals surface area (Å²) in [6.45, 7) is 5.25. The van der Waals surface area contributed by atoms with Crippen LogP contribution in [0.5, 0.6) is 0 Å². The van der Waals surface area contributed by atoms with Gasteiger partial charge in [-0.15, -0.1) is 0 Å². The van der Waals surface area contributed by atoms with Crippen LogP contribution in [0, 0.1) is 19.8 Å². The van der Waals surface area contributed by atoms with Gasteiger partial charge in [-0.3, -0.25) is 0 Å². The van der Waals surface area contributed by atoms with Crippen molar-refractivity contribution >= 4 is 11.8 Å². The summed E-state index contributed by atoms with van der Waals surface area (Å²) in [6.07, 6.45) is 3.43. The summed E-state index contributed by atoms with van der Waals surface area (Å²) in [4.78, 5) is 0. The molecule has 0 saturated carbocycles. The Balaban J connectivity index is 1.79. The first-order valence-electron chi connectivity index (χ1n) is 7.65. The lowest BCUT2D eigenvalue weighted by molar-refractivity contribution is -0.0834. The molecule has 2 heterocycles. The molecule has 2 nitrogen and oxygen atoms in total. The van der Waals surface area contributed by atoms with Crippen LogP contribution in [0.4, 0.5) is 0 Å². The highest BCUT2D eigenvalue weighted by molar-refractivity contribution is 7.99. The lowest BCUT2D eigenvalue weighted by atomic mass is 9.78. The Morgan fingerprint density at radius 2 is 2.25 bits per heavy atom. The molecule has 1 aromatic rings. The molecule has 110 valence electrons. The maximum Gasteiger partial charge on any atom is 0.0783 e. The van der Waals surface area contributed by atoms with Crippen LogP contribution in [0.15, 0.2) is 18.2 Å². The highest BCUT2D eigenvalue weighted by Crippen LogP contribution is 2.43. The number of ether oxygens (including phenoxy) is 1. The van der Waals surface area contributed by atoms with Gasteiger partial charge in [-0.2, -0.15) is 11.8 Å². The first kappa shape index (κ1) is 14.4. The van der Waals surface area contributed by atoms with Crippen molar-refractivity contribution in [3.05, 3.63) is 34.9 Å². The minimum absolute atomic E-state index is 0.128. The molecule has 0 bridgehead atoms. The smallest absolute Gasteiger partial charge is 0.0783 e. The zero-order valence-electron chi connectivity index (χ0n) is 12.5. The third-order valence-corrected chi connectivity index (χ3v) is 6.33. The van der Waals surface area contributed by atoms with E-state index in [0.717, 1.165) is 25.2 Å². The normalized spacial score (nSPS) is 31.6. The Morgan fingerprint density at radius 3 is 3.00 bits per heavy atom. The molecule has 3 heteroatoms. The molecule has 2 saturated heterocycles. The van der Waals surface area contributed by atoms with E-state index in [2.05, 4.69) is 32.0 Å². The van der Waals surface area contributed by atoms with E-state index in [9.17, 15) is 0 Å². The van der Waals surface area contributed by atoms with E-state index in [1.165, 1.54) is 28.9 Å². The van der Waals surface area contributed by atoms with Gasteiger partial charge in [0.15, 0.2) is 0 Å². The summed E-state index contributed by atoms with van der Waals surface area (Å²) < 4.78 is 6.12. The second-order valence-electron chi connectivity index (χ2n) is 6.40. The number of hydrogen-bond donors (Lipinski definition) is 1. The molecule has 0 radical (unpaired) electrons. The number of nitrogens with two attached hydrogens (primary N) is 1. The SMILES string of the molecule is Cc1cccc(C(N)C2CCOC3(CCSC3)C2)c1C. The molecule has 2 fully saturated rings. The summed E-state index contributed by atoms with van der Waals surface area (Å²) in [6, 6.07) is 6.67. The Labute approximate surface area is 126 Å². The van der Waals surface area contributed by atoms with Gasteiger partial charge in [-0.1, -0.05) is 18.2 Å². The van der Waals surface area contributed by atoms with E-state index in [1.807, 2.05) is 11.8 Å². The average molecular weight is 291 g/mol. The lowest BCUT2D eigenvalue weighted by Gasteiger charge is -2.40. The zero-order chi connectivity index (χ0) is 14.2. The fraction of sp³-hybridized carbons (Fsp3) is 0.647. The maximum atomic E-state index is 6.63. The molecule has 2 N–H and O–H groups in total. The van der Waals surface area contributed by atoms with Crippen LogP contribution in [-0.2, 0) is 4.74 Å². The van der Waals surface area contributed by atoms with Gasteiger partial charge in [0.25, 0.3) is 0 Å². The van der Waals surface area contributed by atoms with Gasteiger partial charge < -0.3 is 10.5 Å². The molecule has 0 amide bonds. The summed E-state index contributed by atoms with van der Waals surface area (Å²) in [5.74, 6) is 2.96. The minimum Gasteiger partial charge on any atom is -0.374 e. The summed E-state index contributed by atoms with van der Waals surface area (Å²) in [5.41, 5.74) is 10.8. The third kappa shape index (κ3) is 2.63. The third-order valence-electron chi connectivity index (χ3n) is 5.11. The van der Waals surface area contributed by atoms with Crippen molar-refractivity contribution in [3.8, 4) is 0 Å². The Morgan fingerprint density at radius 1 is 1.40 bits per heavy atom. The summed E-state index contributed by atoms with van der Waals surface area (Å²) >= 11 is 2.03. The fourth-order valence-corrected chi connectivity index (χ4v) is 5.00. The second kappa shape index (κ2) is 5.70. The molecule has 3 atom stereocenters. The Hall–Kier alpha value is -0.510. The van der Waals surface area contributed by atoms with Crippen molar-refractivity contribution in [2.24, 2.45) is 11.7 Å². The molecule has 1 spiro atoms. The van der Waals surface area contributed by atoms with E-state index in [1.54, 1.807) is 0 Å². The van der Waals surface area contributed by atoms with Gasteiger partial charge >= 0.3 is 0 Å². The van der Waals surface area contributed by atoms with E-state index in [-0.39, 0.29) is 11.6 Å². The predicted molar refractivity (Wildman–Crippen MR) is 86.2 cm³/mol. The Bertz CT molecular complexity index is 482. The van der Waals surface area contributed by atoms with Crippen molar-refractivity contribution in [1.29, 1.82) is 0 Å². The van der Waals surface area contributed by atoms with Crippen LogP contribution in [-0.4, -0.2) is 23.7 Å². The molecule has 2 aliphatic heterocycles. The summed E-state index contributed by atoms with van der Waals surface area (Å²) in [5, 5.41) is 0. The van der Waals surface area contributed by atoms with Crippen molar-refractivity contribution in [2.45, 2.75) is 44.8 Å². The van der Waals surface area contributed by atoms with Crippen LogP contribution in [0.3, 0.4) is 0 Å². The molecule has 2 aliphatic rings. The van der Waals surface area contributed by atoms with E-state index in [4.69, 9.17) is 10.5 Å². The van der Waals surface area contributed by atoms with Crippen LogP contribution < -0.4 is 5.73 Å². The molecular formula is C17H25NOS. The molecule has 1 aromatic carbocycles. The molecule has 0 aromatic heterocycles. The number of benzene rings is 1. The maximum absolute atomic E-state index is 6.63. The molecule has 0 aliphatic carbocycles. The van der Waals surface area contributed by atoms with Crippen molar-refractivity contribution in [3.63, 3.8) is 0 Å². The van der Waals surface area contributed by atoms with E-state index in [0.29, 0.717) is 5.92 Å². The lowest BCUT2D eigenvalue weighted by Crippen LogP contribution is -2.42. The van der Waals surface area contributed by atoms with Gasteiger partial charge in [0.05, 0.1) is 5.60 Å². The number of thioether (sulfide) groups is 1. The van der Waals surface area contributed by atoms with E-state index >= 15 is 0 Å². The second-order valence-corrected chi connectivity index (χ2v) is 7.51. The molecule has 20 heavy (non-hydrogen) atoms. The first-order chi connectivity index (χ1) is 9.61. The van der Waals surface area contributed by atoms with Gasteiger partial charge in [-0.05, 0) is 61.5 Å².